The number of hydrogen-bond donors (Lipinski definition) is 1. The summed E-state index contributed by atoms with van der Waals surface area (Å²) in [4.78, 5) is 23.5. The van der Waals surface area contributed by atoms with Crippen molar-refractivity contribution in [3.05, 3.63) is 85.6 Å². The molecule has 162 valence electrons. The Balaban J connectivity index is 1.85. The fourth-order valence-corrected chi connectivity index (χ4v) is 5.89. The minimum atomic E-state index is -3.84. The van der Waals surface area contributed by atoms with E-state index in [1.165, 1.54) is 36.6 Å². The number of halogens is 1. The number of carbonyl (C=O) groups excluding carboxylic acids is 1. The van der Waals surface area contributed by atoms with E-state index in [9.17, 15) is 23.3 Å². The molecule has 0 saturated carbocycles. The van der Waals surface area contributed by atoms with Crippen LogP contribution in [0.15, 0.2) is 64.9 Å². The molecule has 0 fully saturated rings. The summed E-state index contributed by atoms with van der Waals surface area (Å²) < 4.78 is 31.6. The summed E-state index contributed by atoms with van der Waals surface area (Å²) >= 11 is 7.26. The molecule has 1 N–H and O–H groups in total. The monoisotopic (exact) mass is 480 g/mol. The van der Waals surface area contributed by atoms with Gasteiger partial charge in [-0.1, -0.05) is 17.7 Å². The molecule has 0 aliphatic heterocycles. The van der Waals surface area contributed by atoms with Gasteiger partial charge in [-0.3, -0.25) is 14.9 Å². The van der Waals surface area contributed by atoms with E-state index in [1.54, 1.807) is 29.6 Å². The summed E-state index contributed by atoms with van der Waals surface area (Å²) in [6.07, 6.45) is 0. The van der Waals surface area contributed by atoms with Crippen LogP contribution in [0.5, 0.6) is 5.75 Å². The number of sulfone groups is 1. The maximum Gasteiger partial charge on any atom is 0.270 e. The molecule has 0 radical (unpaired) electrons. The van der Waals surface area contributed by atoms with E-state index in [-0.39, 0.29) is 27.7 Å². The number of carbonyl (C=O) groups is 1. The van der Waals surface area contributed by atoms with Crippen LogP contribution in [0.2, 0.25) is 5.02 Å². The molecule has 2 aromatic carbocycles. The van der Waals surface area contributed by atoms with Crippen molar-refractivity contribution in [2.45, 2.75) is 10.1 Å². The van der Waals surface area contributed by atoms with Crippen LogP contribution >= 0.6 is 22.9 Å². The topological polar surface area (TPSA) is 116 Å². The average molecular weight is 481 g/mol. The minimum Gasteiger partial charge on any atom is -0.497 e. The van der Waals surface area contributed by atoms with Crippen molar-refractivity contribution in [2.24, 2.45) is 0 Å². The first-order valence-electron chi connectivity index (χ1n) is 8.87. The highest BCUT2D eigenvalue weighted by Crippen LogP contribution is 2.32. The number of amides is 1. The quantitative estimate of drug-likeness (QED) is 0.380. The van der Waals surface area contributed by atoms with Gasteiger partial charge >= 0.3 is 0 Å². The summed E-state index contributed by atoms with van der Waals surface area (Å²) in [5.74, 6) is -0.112. The predicted octanol–water partition coefficient (Wildman–Crippen LogP) is 4.26. The summed E-state index contributed by atoms with van der Waals surface area (Å²) in [7, 11) is -2.35. The first kappa shape index (κ1) is 22.7. The maximum absolute atomic E-state index is 13.3. The number of hydrogen-bond acceptors (Lipinski definition) is 7. The molecule has 3 rings (SSSR count). The third-order valence-electron chi connectivity index (χ3n) is 4.48. The molecule has 3 aromatic rings. The van der Waals surface area contributed by atoms with Crippen LogP contribution < -0.4 is 10.1 Å². The van der Waals surface area contributed by atoms with Crippen LogP contribution in [0.25, 0.3) is 0 Å². The lowest BCUT2D eigenvalue weighted by atomic mass is 10.2. The zero-order valence-electron chi connectivity index (χ0n) is 16.1. The van der Waals surface area contributed by atoms with Gasteiger partial charge in [-0.25, -0.2) is 8.42 Å². The molecule has 1 amide bonds. The highest BCUT2D eigenvalue weighted by atomic mass is 35.5. The molecule has 0 aliphatic rings. The predicted molar refractivity (Wildman–Crippen MR) is 118 cm³/mol. The van der Waals surface area contributed by atoms with Gasteiger partial charge in [0.15, 0.2) is 9.84 Å². The van der Waals surface area contributed by atoms with Crippen molar-refractivity contribution in [3.8, 4) is 5.75 Å². The molecule has 8 nitrogen and oxygen atoms in total. The van der Waals surface area contributed by atoms with Gasteiger partial charge in [0, 0.05) is 23.6 Å². The van der Waals surface area contributed by atoms with Gasteiger partial charge in [-0.15, -0.1) is 11.3 Å². The number of nitrogens with one attached hydrogen (secondary N) is 1. The first-order valence-corrected chi connectivity index (χ1v) is 11.7. The van der Waals surface area contributed by atoms with Crippen molar-refractivity contribution >= 4 is 44.4 Å². The van der Waals surface area contributed by atoms with E-state index in [4.69, 9.17) is 16.3 Å². The number of nitrogens with zero attached hydrogens (tertiary/aromatic N) is 1. The highest BCUT2D eigenvalue weighted by molar-refractivity contribution is 7.91. The van der Waals surface area contributed by atoms with Gasteiger partial charge in [-0.2, -0.15) is 0 Å². The second-order valence-electron chi connectivity index (χ2n) is 6.36. The Morgan fingerprint density at radius 3 is 2.48 bits per heavy atom. The zero-order valence-corrected chi connectivity index (χ0v) is 18.5. The van der Waals surface area contributed by atoms with Crippen molar-refractivity contribution < 1.29 is 22.9 Å². The third kappa shape index (κ3) is 5.04. The molecule has 31 heavy (non-hydrogen) atoms. The first-order chi connectivity index (χ1) is 14.7. The number of thiophene rings is 1. The fraction of sp³-hybridized carbons (Fsp3) is 0.150. The van der Waals surface area contributed by atoms with Crippen LogP contribution in [0, 0.1) is 10.1 Å². The SMILES string of the molecule is COc1ccc(S(=O)(=O)[C@H](CNC(=O)c2ccc([N+](=O)[O-])cc2Cl)c2cccs2)cc1. The fourth-order valence-electron chi connectivity index (χ4n) is 2.85. The lowest BCUT2D eigenvalue weighted by Crippen LogP contribution is -2.31. The Bertz CT molecular complexity index is 1190. The molecule has 1 atom stereocenters. The molecule has 0 spiro atoms. The summed E-state index contributed by atoms with van der Waals surface area (Å²) in [5.41, 5.74) is -0.237. The molecule has 0 aliphatic carbocycles. The molecular weight excluding hydrogens is 464 g/mol. The van der Waals surface area contributed by atoms with Crippen LogP contribution in [0.3, 0.4) is 0 Å². The minimum absolute atomic E-state index is 0.0130. The van der Waals surface area contributed by atoms with Crippen molar-refractivity contribution in [3.63, 3.8) is 0 Å². The smallest absolute Gasteiger partial charge is 0.270 e. The molecular formula is C20H17ClN2O6S2. The molecule has 0 saturated heterocycles. The third-order valence-corrected chi connectivity index (χ3v) is 8.03. The summed E-state index contributed by atoms with van der Waals surface area (Å²) in [5, 5.41) is 14.0. The van der Waals surface area contributed by atoms with Gasteiger partial charge in [-0.05, 0) is 41.8 Å². The van der Waals surface area contributed by atoms with E-state index < -0.39 is 25.9 Å². The summed E-state index contributed by atoms with van der Waals surface area (Å²) in [6.45, 7) is -0.207. The Kier molecular flexibility index (Phi) is 6.94. The number of rotatable bonds is 8. The van der Waals surface area contributed by atoms with Crippen molar-refractivity contribution in [1.29, 1.82) is 0 Å². The van der Waals surface area contributed by atoms with Crippen molar-refractivity contribution in [1.82, 2.24) is 5.32 Å². The number of non-ortho nitro benzene ring substituents is 1. The Morgan fingerprint density at radius 2 is 1.94 bits per heavy atom. The van der Waals surface area contributed by atoms with E-state index in [0.717, 1.165) is 12.1 Å². The Labute approximate surface area is 187 Å². The van der Waals surface area contributed by atoms with Crippen LogP contribution in [-0.2, 0) is 9.84 Å². The van der Waals surface area contributed by atoms with Gasteiger partial charge in [0.1, 0.15) is 11.0 Å². The number of methoxy groups -OCH3 is 1. The van der Waals surface area contributed by atoms with Gasteiger partial charge in [0.2, 0.25) is 0 Å². The van der Waals surface area contributed by atoms with Crippen LogP contribution in [0.4, 0.5) is 5.69 Å². The van der Waals surface area contributed by atoms with Gasteiger partial charge < -0.3 is 10.1 Å². The number of ether oxygens (including phenoxy) is 1. The zero-order chi connectivity index (χ0) is 22.6. The molecule has 0 bridgehead atoms. The average Bonchev–Trinajstić information content (AvgIpc) is 3.27. The van der Waals surface area contributed by atoms with E-state index in [2.05, 4.69) is 5.32 Å². The number of nitro benzene ring substituents is 1. The number of benzene rings is 2. The molecule has 11 heteroatoms. The highest BCUT2D eigenvalue weighted by Gasteiger charge is 2.31. The van der Waals surface area contributed by atoms with Crippen LogP contribution in [-0.4, -0.2) is 32.9 Å². The summed E-state index contributed by atoms with van der Waals surface area (Å²) in [6, 6.07) is 12.9. The van der Waals surface area contributed by atoms with Crippen LogP contribution in [0.1, 0.15) is 20.5 Å². The second-order valence-corrected chi connectivity index (χ2v) is 9.87. The standard InChI is InChI=1S/C20H17ClN2O6S2/c1-29-14-5-7-15(8-6-14)31(27,28)19(18-3-2-10-30-18)12-22-20(24)16-9-4-13(23(25)26)11-17(16)21/h2-11,19H,12H2,1H3,(H,22,24)/t19-/m1/s1. The van der Waals surface area contributed by atoms with Crippen molar-refractivity contribution in [2.75, 3.05) is 13.7 Å². The number of nitro groups is 1. The maximum atomic E-state index is 13.3. The molecule has 1 aromatic heterocycles. The van der Waals surface area contributed by atoms with E-state index >= 15 is 0 Å². The largest absolute Gasteiger partial charge is 0.497 e. The molecule has 1 heterocycles. The second kappa shape index (κ2) is 9.46. The van der Waals surface area contributed by atoms with E-state index in [1.807, 2.05) is 0 Å². The van der Waals surface area contributed by atoms with Gasteiger partial charge in [0.05, 0.1) is 27.5 Å². The van der Waals surface area contributed by atoms with E-state index in [0.29, 0.717) is 10.6 Å². The Hall–Kier alpha value is -2.95. The lowest BCUT2D eigenvalue weighted by molar-refractivity contribution is -0.384. The normalized spacial score (nSPS) is 12.2. The molecule has 0 unspecified atom stereocenters. The Morgan fingerprint density at radius 1 is 1.23 bits per heavy atom. The van der Waals surface area contributed by atoms with Gasteiger partial charge in [0.25, 0.3) is 11.6 Å². The lowest BCUT2D eigenvalue weighted by Gasteiger charge is -2.18.